The van der Waals surface area contributed by atoms with Gasteiger partial charge in [-0.25, -0.2) is 9.18 Å². The molecule has 0 fully saturated rings. The predicted molar refractivity (Wildman–Crippen MR) is 74.2 cm³/mol. The minimum absolute atomic E-state index is 0.0790. The van der Waals surface area contributed by atoms with Crippen LogP contribution in [0, 0.1) is 15.9 Å². The number of non-ortho nitro benzene ring substituents is 1. The van der Waals surface area contributed by atoms with Crippen LogP contribution in [0.3, 0.4) is 0 Å². The molecule has 0 atom stereocenters. The molecule has 1 N–H and O–H groups in total. The van der Waals surface area contributed by atoms with Gasteiger partial charge in [-0.1, -0.05) is 15.9 Å². The maximum absolute atomic E-state index is 13.7. The van der Waals surface area contributed by atoms with E-state index < -0.39 is 22.4 Å². The third-order valence-electron chi connectivity index (χ3n) is 2.52. The van der Waals surface area contributed by atoms with Gasteiger partial charge in [0.1, 0.15) is 11.3 Å². The lowest BCUT2D eigenvalue weighted by Crippen LogP contribution is -2.01. The van der Waals surface area contributed by atoms with E-state index in [9.17, 15) is 19.3 Å². The molecule has 0 spiro atoms. The number of nitrogens with zero attached hydrogens (tertiary/aromatic N) is 1. The molecule has 108 valence electrons. The average Bonchev–Trinajstić information content (AvgIpc) is 2.40. The molecule has 0 saturated heterocycles. The summed E-state index contributed by atoms with van der Waals surface area (Å²) in [6, 6.07) is 7.00. The molecule has 0 aliphatic carbocycles. The van der Waals surface area contributed by atoms with Crippen molar-refractivity contribution in [3.8, 4) is 11.5 Å². The summed E-state index contributed by atoms with van der Waals surface area (Å²) in [6.45, 7) is 0. The minimum atomic E-state index is -1.24. The maximum Gasteiger partial charge on any atom is 0.339 e. The molecule has 2 aromatic carbocycles. The number of aromatic carboxylic acids is 1. The summed E-state index contributed by atoms with van der Waals surface area (Å²) < 4.78 is 19.5. The van der Waals surface area contributed by atoms with Crippen molar-refractivity contribution < 1.29 is 24.0 Å². The monoisotopic (exact) mass is 355 g/mol. The van der Waals surface area contributed by atoms with Gasteiger partial charge in [0.2, 0.25) is 0 Å². The molecule has 6 nitrogen and oxygen atoms in total. The zero-order chi connectivity index (χ0) is 15.6. The third-order valence-corrected chi connectivity index (χ3v) is 3.01. The van der Waals surface area contributed by atoms with Gasteiger partial charge in [0, 0.05) is 10.5 Å². The van der Waals surface area contributed by atoms with Crippen LogP contribution in [0.15, 0.2) is 40.9 Å². The second-order valence-electron chi connectivity index (χ2n) is 3.92. The highest BCUT2D eigenvalue weighted by Gasteiger charge is 2.16. The van der Waals surface area contributed by atoms with Gasteiger partial charge in [-0.05, 0) is 24.3 Å². The maximum atomic E-state index is 13.7. The Morgan fingerprint density at radius 2 is 1.95 bits per heavy atom. The molecule has 0 amide bonds. The van der Waals surface area contributed by atoms with Gasteiger partial charge in [-0.3, -0.25) is 10.1 Å². The Morgan fingerprint density at radius 1 is 1.24 bits per heavy atom. The van der Waals surface area contributed by atoms with E-state index in [0.717, 1.165) is 12.1 Å². The van der Waals surface area contributed by atoms with Crippen LogP contribution in [0.2, 0.25) is 0 Å². The molecule has 0 radical (unpaired) electrons. The van der Waals surface area contributed by atoms with E-state index in [0.29, 0.717) is 10.5 Å². The summed E-state index contributed by atoms with van der Waals surface area (Å²) in [5.41, 5.74) is -0.580. The Bertz CT molecular complexity index is 734. The van der Waals surface area contributed by atoms with Gasteiger partial charge in [0.15, 0.2) is 11.6 Å². The quantitative estimate of drug-likeness (QED) is 0.661. The van der Waals surface area contributed by atoms with Crippen LogP contribution in [0.5, 0.6) is 11.5 Å². The second kappa shape index (κ2) is 5.88. The number of halogens is 2. The van der Waals surface area contributed by atoms with E-state index in [1.807, 2.05) is 0 Å². The third kappa shape index (κ3) is 3.34. The van der Waals surface area contributed by atoms with Crippen LogP contribution in [-0.4, -0.2) is 16.0 Å². The molecule has 0 aromatic heterocycles. The fraction of sp³-hybridized carbons (Fsp3) is 0. The van der Waals surface area contributed by atoms with Crippen LogP contribution in [0.4, 0.5) is 10.1 Å². The van der Waals surface area contributed by atoms with Crippen molar-refractivity contribution in [2.24, 2.45) is 0 Å². The van der Waals surface area contributed by atoms with Crippen molar-refractivity contribution >= 4 is 27.6 Å². The lowest BCUT2D eigenvalue weighted by atomic mass is 10.2. The first kappa shape index (κ1) is 14.9. The molecular weight excluding hydrogens is 349 g/mol. The van der Waals surface area contributed by atoms with Crippen molar-refractivity contribution in [1.82, 2.24) is 0 Å². The smallest absolute Gasteiger partial charge is 0.339 e. The number of nitro benzene ring substituents is 1. The first-order valence-electron chi connectivity index (χ1n) is 5.53. The van der Waals surface area contributed by atoms with Gasteiger partial charge in [0.05, 0.1) is 11.0 Å². The molecule has 0 bridgehead atoms. The highest BCUT2D eigenvalue weighted by atomic mass is 79.9. The number of nitro groups is 1. The molecule has 0 heterocycles. The summed E-state index contributed by atoms with van der Waals surface area (Å²) in [7, 11) is 0. The van der Waals surface area contributed by atoms with Crippen LogP contribution >= 0.6 is 15.9 Å². The molecule has 2 aromatic rings. The van der Waals surface area contributed by atoms with Gasteiger partial charge < -0.3 is 9.84 Å². The van der Waals surface area contributed by atoms with Crippen molar-refractivity contribution in [1.29, 1.82) is 0 Å². The number of carbonyl (C=O) groups is 1. The molecule has 0 saturated carbocycles. The largest absolute Gasteiger partial charge is 0.478 e. The van der Waals surface area contributed by atoms with E-state index in [1.165, 1.54) is 18.2 Å². The number of carboxylic acid groups (broad SMARTS) is 1. The van der Waals surface area contributed by atoms with E-state index in [-0.39, 0.29) is 17.1 Å². The average molecular weight is 356 g/mol. The first-order valence-corrected chi connectivity index (χ1v) is 6.32. The zero-order valence-electron chi connectivity index (χ0n) is 10.2. The fourth-order valence-electron chi connectivity index (χ4n) is 1.56. The highest BCUT2D eigenvalue weighted by molar-refractivity contribution is 9.10. The van der Waals surface area contributed by atoms with E-state index in [1.54, 1.807) is 0 Å². The molecular formula is C13H7BrFNO5. The van der Waals surface area contributed by atoms with Crippen molar-refractivity contribution in [2.75, 3.05) is 0 Å². The standard InChI is InChI=1S/C13H7BrFNO5/c14-7-1-3-9(13(17)18)12(5-7)21-11-4-2-8(16(19)20)6-10(11)15/h1-6H,(H,17,18). The molecule has 0 aliphatic heterocycles. The van der Waals surface area contributed by atoms with Crippen molar-refractivity contribution in [3.05, 3.63) is 62.4 Å². The summed E-state index contributed by atoms with van der Waals surface area (Å²) in [5, 5.41) is 19.6. The van der Waals surface area contributed by atoms with Crippen LogP contribution < -0.4 is 4.74 Å². The zero-order valence-corrected chi connectivity index (χ0v) is 11.8. The Morgan fingerprint density at radius 3 is 2.52 bits per heavy atom. The Labute approximate surface area is 126 Å². The summed E-state index contributed by atoms with van der Waals surface area (Å²) >= 11 is 3.15. The second-order valence-corrected chi connectivity index (χ2v) is 4.84. The molecule has 2 rings (SSSR count). The van der Waals surface area contributed by atoms with E-state index in [4.69, 9.17) is 9.84 Å². The fourth-order valence-corrected chi connectivity index (χ4v) is 1.90. The SMILES string of the molecule is O=C(O)c1ccc(Br)cc1Oc1ccc([N+](=O)[O-])cc1F. The predicted octanol–water partition coefficient (Wildman–Crippen LogP) is 3.99. The van der Waals surface area contributed by atoms with Crippen LogP contribution in [-0.2, 0) is 0 Å². The number of ether oxygens (including phenoxy) is 1. The van der Waals surface area contributed by atoms with E-state index in [2.05, 4.69) is 15.9 Å². The number of benzene rings is 2. The normalized spacial score (nSPS) is 10.2. The van der Waals surface area contributed by atoms with Gasteiger partial charge in [-0.2, -0.15) is 0 Å². The highest BCUT2D eigenvalue weighted by Crippen LogP contribution is 2.31. The molecule has 0 aliphatic rings. The summed E-state index contributed by atoms with van der Waals surface area (Å²) in [5.74, 6) is -2.58. The topological polar surface area (TPSA) is 89.7 Å². The minimum Gasteiger partial charge on any atom is -0.478 e. The first-order chi connectivity index (χ1) is 9.88. The summed E-state index contributed by atoms with van der Waals surface area (Å²) in [4.78, 5) is 20.9. The number of hydrogen-bond acceptors (Lipinski definition) is 4. The molecule has 21 heavy (non-hydrogen) atoms. The number of carboxylic acids is 1. The van der Waals surface area contributed by atoms with Crippen LogP contribution in [0.1, 0.15) is 10.4 Å². The van der Waals surface area contributed by atoms with E-state index >= 15 is 0 Å². The summed E-state index contributed by atoms with van der Waals surface area (Å²) in [6.07, 6.45) is 0. The molecule has 8 heteroatoms. The van der Waals surface area contributed by atoms with Crippen molar-refractivity contribution in [2.45, 2.75) is 0 Å². The van der Waals surface area contributed by atoms with Gasteiger partial charge >= 0.3 is 5.97 Å². The Balaban J connectivity index is 2.40. The molecule has 0 unspecified atom stereocenters. The lowest BCUT2D eigenvalue weighted by molar-refractivity contribution is -0.385. The number of hydrogen-bond donors (Lipinski definition) is 1. The Kier molecular flexibility index (Phi) is 4.18. The van der Waals surface area contributed by atoms with Gasteiger partial charge in [-0.15, -0.1) is 0 Å². The van der Waals surface area contributed by atoms with Gasteiger partial charge in [0.25, 0.3) is 5.69 Å². The lowest BCUT2D eigenvalue weighted by Gasteiger charge is -2.09. The van der Waals surface area contributed by atoms with Crippen molar-refractivity contribution in [3.63, 3.8) is 0 Å². The Hall–Kier alpha value is -2.48. The van der Waals surface area contributed by atoms with Crippen LogP contribution in [0.25, 0.3) is 0 Å². The number of rotatable bonds is 4.